The van der Waals surface area contributed by atoms with Gasteiger partial charge in [-0.3, -0.25) is 9.59 Å². The van der Waals surface area contributed by atoms with Crippen molar-refractivity contribution in [1.29, 1.82) is 0 Å². The molecule has 80 valence electrons. The van der Waals surface area contributed by atoms with E-state index in [-0.39, 0.29) is 18.0 Å². The summed E-state index contributed by atoms with van der Waals surface area (Å²) in [6.07, 6.45) is 3.35. The molecule has 0 aliphatic heterocycles. The van der Waals surface area contributed by atoms with Crippen LogP contribution < -0.4 is 0 Å². The Hall–Kier alpha value is -0.860. The van der Waals surface area contributed by atoms with E-state index in [2.05, 4.69) is 0 Å². The monoisotopic (exact) mass is 198 g/mol. The fourth-order valence-electron chi connectivity index (χ4n) is 1.48. The molecule has 0 N–H and O–H groups in total. The van der Waals surface area contributed by atoms with Crippen molar-refractivity contribution in [2.45, 2.75) is 52.1 Å². The number of hydrogen-bond acceptors (Lipinski definition) is 3. The Balaban J connectivity index is 2.30. The summed E-state index contributed by atoms with van der Waals surface area (Å²) in [5.41, 5.74) is 0. The van der Waals surface area contributed by atoms with Gasteiger partial charge in [-0.25, -0.2) is 0 Å². The molecule has 3 nitrogen and oxygen atoms in total. The highest BCUT2D eigenvalue weighted by Crippen LogP contribution is 2.19. The van der Waals surface area contributed by atoms with Gasteiger partial charge in [-0.05, 0) is 19.3 Å². The molecule has 0 heterocycles. The molecule has 0 amide bonds. The first-order chi connectivity index (χ1) is 6.63. The van der Waals surface area contributed by atoms with E-state index < -0.39 is 0 Å². The molecule has 0 aromatic carbocycles. The first-order valence-corrected chi connectivity index (χ1v) is 5.35. The third-order valence-electron chi connectivity index (χ3n) is 2.79. The maximum atomic E-state index is 11.4. The number of carbonyl (C=O) groups is 2. The van der Waals surface area contributed by atoms with E-state index in [0.29, 0.717) is 31.5 Å². The van der Waals surface area contributed by atoms with Crippen molar-refractivity contribution in [2.75, 3.05) is 0 Å². The molecule has 1 unspecified atom stereocenters. The van der Waals surface area contributed by atoms with Gasteiger partial charge in [-0.15, -0.1) is 0 Å². The SMILES string of the molecule is CCC(C)C(=O)OC1CCC(=O)CC1. The van der Waals surface area contributed by atoms with E-state index in [4.69, 9.17) is 4.74 Å². The molecule has 1 rings (SSSR count). The molecule has 3 heteroatoms. The van der Waals surface area contributed by atoms with Gasteiger partial charge in [0.15, 0.2) is 0 Å². The van der Waals surface area contributed by atoms with Crippen molar-refractivity contribution in [2.24, 2.45) is 5.92 Å². The summed E-state index contributed by atoms with van der Waals surface area (Å²) in [7, 11) is 0. The second-order valence-corrected chi connectivity index (χ2v) is 3.98. The van der Waals surface area contributed by atoms with Crippen LogP contribution in [0.15, 0.2) is 0 Å². The molecule has 1 aliphatic carbocycles. The van der Waals surface area contributed by atoms with Gasteiger partial charge in [0, 0.05) is 12.8 Å². The normalized spacial score (nSPS) is 20.6. The molecular formula is C11H18O3. The summed E-state index contributed by atoms with van der Waals surface area (Å²) >= 11 is 0. The molecule has 1 fully saturated rings. The molecule has 1 saturated carbocycles. The predicted octanol–water partition coefficient (Wildman–Crippen LogP) is 2.09. The van der Waals surface area contributed by atoms with Crippen LogP contribution in [0, 0.1) is 5.92 Å². The number of carbonyl (C=O) groups excluding carboxylic acids is 2. The summed E-state index contributed by atoms with van der Waals surface area (Å²) < 4.78 is 5.30. The Morgan fingerprint density at radius 1 is 1.50 bits per heavy atom. The minimum atomic E-state index is -0.119. The van der Waals surface area contributed by atoms with Gasteiger partial charge in [-0.1, -0.05) is 13.8 Å². The van der Waals surface area contributed by atoms with E-state index in [1.54, 1.807) is 0 Å². The van der Waals surface area contributed by atoms with Gasteiger partial charge in [0.2, 0.25) is 0 Å². The highest BCUT2D eigenvalue weighted by atomic mass is 16.5. The average Bonchev–Trinajstić information content (AvgIpc) is 2.20. The molecule has 0 bridgehead atoms. The lowest BCUT2D eigenvalue weighted by Crippen LogP contribution is -2.26. The van der Waals surface area contributed by atoms with Gasteiger partial charge in [-0.2, -0.15) is 0 Å². The van der Waals surface area contributed by atoms with E-state index >= 15 is 0 Å². The number of Topliss-reactive ketones (excluding diaryl/α,β-unsaturated/α-hetero) is 1. The minimum Gasteiger partial charge on any atom is -0.462 e. The molecule has 0 spiro atoms. The Morgan fingerprint density at radius 3 is 2.57 bits per heavy atom. The molecule has 0 aromatic rings. The van der Waals surface area contributed by atoms with Crippen molar-refractivity contribution in [3.05, 3.63) is 0 Å². The maximum absolute atomic E-state index is 11.4. The topological polar surface area (TPSA) is 43.4 Å². The van der Waals surface area contributed by atoms with Crippen LogP contribution in [-0.4, -0.2) is 17.9 Å². The van der Waals surface area contributed by atoms with Crippen molar-refractivity contribution in [3.63, 3.8) is 0 Å². The summed E-state index contributed by atoms with van der Waals surface area (Å²) in [5, 5.41) is 0. The Morgan fingerprint density at radius 2 is 2.07 bits per heavy atom. The molecule has 1 atom stereocenters. The van der Waals surface area contributed by atoms with Crippen LogP contribution >= 0.6 is 0 Å². The number of rotatable bonds is 3. The molecule has 14 heavy (non-hydrogen) atoms. The first kappa shape index (κ1) is 11.2. The molecular weight excluding hydrogens is 180 g/mol. The summed E-state index contributed by atoms with van der Waals surface area (Å²) in [4.78, 5) is 22.4. The Labute approximate surface area is 84.8 Å². The van der Waals surface area contributed by atoms with Gasteiger partial charge < -0.3 is 4.74 Å². The Kier molecular flexibility index (Phi) is 4.11. The number of ether oxygens (including phenoxy) is 1. The lowest BCUT2D eigenvalue weighted by atomic mass is 9.96. The summed E-state index contributed by atoms with van der Waals surface area (Å²) in [6.45, 7) is 3.84. The third-order valence-corrected chi connectivity index (χ3v) is 2.79. The summed E-state index contributed by atoms with van der Waals surface area (Å²) in [5.74, 6) is 0.153. The number of ketones is 1. The zero-order valence-electron chi connectivity index (χ0n) is 8.91. The number of esters is 1. The molecule has 1 aliphatic rings. The molecule has 0 saturated heterocycles. The van der Waals surface area contributed by atoms with E-state index in [1.807, 2.05) is 13.8 Å². The number of hydrogen-bond donors (Lipinski definition) is 0. The van der Waals surface area contributed by atoms with Crippen molar-refractivity contribution in [1.82, 2.24) is 0 Å². The van der Waals surface area contributed by atoms with Crippen molar-refractivity contribution < 1.29 is 14.3 Å². The van der Waals surface area contributed by atoms with Crippen molar-refractivity contribution >= 4 is 11.8 Å². The second kappa shape index (κ2) is 5.13. The fraction of sp³-hybridized carbons (Fsp3) is 0.818. The molecule has 0 aromatic heterocycles. The quantitative estimate of drug-likeness (QED) is 0.652. The van der Waals surface area contributed by atoms with Crippen LogP contribution in [0.25, 0.3) is 0 Å². The van der Waals surface area contributed by atoms with Crippen LogP contribution in [-0.2, 0) is 14.3 Å². The fourth-order valence-corrected chi connectivity index (χ4v) is 1.48. The van der Waals surface area contributed by atoms with Gasteiger partial charge in [0.1, 0.15) is 11.9 Å². The maximum Gasteiger partial charge on any atom is 0.308 e. The van der Waals surface area contributed by atoms with E-state index in [0.717, 1.165) is 6.42 Å². The van der Waals surface area contributed by atoms with Gasteiger partial charge >= 0.3 is 5.97 Å². The van der Waals surface area contributed by atoms with Gasteiger partial charge in [0.25, 0.3) is 0 Å². The van der Waals surface area contributed by atoms with Crippen LogP contribution in [0.5, 0.6) is 0 Å². The highest BCUT2D eigenvalue weighted by Gasteiger charge is 2.23. The smallest absolute Gasteiger partial charge is 0.308 e. The minimum absolute atomic E-state index is 0.0193. The lowest BCUT2D eigenvalue weighted by Gasteiger charge is -2.22. The van der Waals surface area contributed by atoms with Crippen LogP contribution in [0.3, 0.4) is 0 Å². The Bertz CT molecular complexity index is 213. The zero-order chi connectivity index (χ0) is 10.6. The van der Waals surface area contributed by atoms with E-state index in [9.17, 15) is 9.59 Å². The van der Waals surface area contributed by atoms with Gasteiger partial charge in [0.05, 0.1) is 5.92 Å². The van der Waals surface area contributed by atoms with Crippen molar-refractivity contribution in [3.8, 4) is 0 Å². The molecule has 0 radical (unpaired) electrons. The first-order valence-electron chi connectivity index (χ1n) is 5.35. The average molecular weight is 198 g/mol. The largest absolute Gasteiger partial charge is 0.462 e. The second-order valence-electron chi connectivity index (χ2n) is 3.98. The highest BCUT2D eigenvalue weighted by molar-refractivity contribution is 5.79. The lowest BCUT2D eigenvalue weighted by molar-refractivity contribution is -0.156. The van der Waals surface area contributed by atoms with Crippen LogP contribution in [0.2, 0.25) is 0 Å². The third kappa shape index (κ3) is 3.13. The van der Waals surface area contributed by atoms with Crippen LogP contribution in [0.4, 0.5) is 0 Å². The predicted molar refractivity (Wildman–Crippen MR) is 52.8 cm³/mol. The standard InChI is InChI=1S/C11H18O3/c1-3-8(2)11(13)14-10-6-4-9(12)5-7-10/h8,10H,3-7H2,1-2H3. The zero-order valence-corrected chi connectivity index (χ0v) is 8.91. The van der Waals surface area contributed by atoms with Crippen LogP contribution in [0.1, 0.15) is 46.0 Å². The van der Waals surface area contributed by atoms with E-state index in [1.165, 1.54) is 0 Å². The summed E-state index contributed by atoms with van der Waals surface area (Å²) in [6, 6.07) is 0.